The second-order valence-corrected chi connectivity index (χ2v) is 5.47. The zero-order valence-corrected chi connectivity index (χ0v) is 11.1. The van der Waals surface area contributed by atoms with Crippen molar-refractivity contribution in [1.82, 2.24) is 4.90 Å². The molecule has 1 amide bonds. The van der Waals surface area contributed by atoms with Crippen LogP contribution >= 0.6 is 12.2 Å². The van der Waals surface area contributed by atoms with E-state index in [1.165, 1.54) is 0 Å². The SMILES string of the molecule is CC(C)(C)N1C(=O)CN(c2ccccc2)C1=S. The quantitative estimate of drug-likeness (QED) is 0.713. The van der Waals surface area contributed by atoms with Gasteiger partial charge in [-0.05, 0) is 45.1 Å². The van der Waals surface area contributed by atoms with E-state index in [0.29, 0.717) is 11.7 Å². The van der Waals surface area contributed by atoms with Gasteiger partial charge in [0.05, 0.1) is 0 Å². The monoisotopic (exact) mass is 248 g/mol. The van der Waals surface area contributed by atoms with Crippen LogP contribution in [0.25, 0.3) is 0 Å². The summed E-state index contributed by atoms with van der Waals surface area (Å²) < 4.78 is 0. The summed E-state index contributed by atoms with van der Waals surface area (Å²) in [4.78, 5) is 15.6. The number of carbonyl (C=O) groups excluding carboxylic acids is 1. The minimum absolute atomic E-state index is 0.0614. The smallest absolute Gasteiger partial charge is 0.249 e. The molecule has 1 aromatic carbocycles. The van der Waals surface area contributed by atoms with Crippen molar-refractivity contribution in [2.24, 2.45) is 0 Å². The summed E-state index contributed by atoms with van der Waals surface area (Å²) >= 11 is 5.40. The number of hydrogen-bond acceptors (Lipinski definition) is 2. The Morgan fingerprint density at radius 3 is 2.24 bits per heavy atom. The van der Waals surface area contributed by atoms with Crippen LogP contribution in [-0.2, 0) is 4.79 Å². The number of thiocarbonyl (C=S) groups is 1. The summed E-state index contributed by atoms with van der Waals surface area (Å²) in [5.74, 6) is 0.0614. The molecule has 0 aromatic heterocycles. The predicted molar refractivity (Wildman–Crippen MR) is 73.0 cm³/mol. The molecule has 1 fully saturated rings. The van der Waals surface area contributed by atoms with E-state index in [2.05, 4.69) is 0 Å². The minimum atomic E-state index is -0.266. The summed E-state index contributed by atoms with van der Waals surface area (Å²) in [6.45, 7) is 6.31. The molecule has 0 bridgehead atoms. The molecule has 1 aromatic rings. The molecule has 0 radical (unpaired) electrons. The Balaban J connectivity index is 2.31. The lowest BCUT2D eigenvalue weighted by Gasteiger charge is -2.31. The number of carbonyl (C=O) groups is 1. The lowest BCUT2D eigenvalue weighted by Crippen LogP contribution is -2.46. The third kappa shape index (κ3) is 2.17. The lowest BCUT2D eigenvalue weighted by molar-refractivity contribution is -0.127. The first-order valence-electron chi connectivity index (χ1n) is 5.61. The van der Waals surface area contributed by atoms with Crippen molar-refractivity contribution in [1.29, 1.82) is 0 Å². The Morgan fingerprint density at radius 1 is 1.18 bits per heavy atom. The highest BCUT2D eigenvalue weighted by Crippen LogP contribution is 2.26. The lowest BCUT2D eigenvalue weighted by atomic mass is 10.1. The van der Waals surface area contributed by atoms with Crippen LogP contribution < -0.4 is 4.90 Å². The molecule has 3 nitrogen and oxygen atoms in total. The molecular weight excluding hydrogens is 232 g/mol. The molecule has 4 heteroatoms. The summed E-state index contributed by atoms with van der Waals surface area (Å²) in [6, 6.07) is 9.77. The number of para-hydroxylation sites is 1. The summed E-state index contributed by atoms with van der Waals surface area (Å²) in [5.41, 5.74) is 0.704. The molecule has 1 heterocycles. The number of hydrogen-bond donors (Lipinski definition) is 0. The Hall–Kier alpha value is -1.42. The highest BCUT2D eigenvalue weighted by Gasteiger charge is 2.39. The predicted octanol–water partition coefficient (Wildman–Crippen LogP) is 2.42. The van der Waals surface area contributed by atoms with Gasteiger partial charge in [0.25, 0.3) is 0 Å². The second kappa shape index (κ2) is 4.11. The minimum Gasteiger partial charge on any atom is -0.309 e. The van der Waals surface area contributed by atoms with Crippen LogP contribution in [0.4, 0.5) is 5.69 Å². The van der Waals surface area contributed by atoms with Gasteiger partial charge in [-0.15, -0.1) is 0 Å². The first kappa shape index (κ1) is 12.0. The van der Waals surface area contributed by atoms with Crippen molar-refractivity contribution >= 4 is 28.9 Å². The summed E-state index contributed by atoms with van der Waals surface area (Å²) in [6.07, 6.45) is 0. The fraction of sp³-hybridized carbons (Fsp3) is 0.385. The molecule has 0 atom stereocenters. The van der Waals surface area contributed by atoms with Crippen LogP contribution in [-0.4, -0.2) is 28.0 Å². The van der Waals surface area contributed by atoms with Gasteiger partial charge in [-0.1, -0.05) is 18.2 Å². The van der Waals surface area contributed by atoms with Crippen LogP contribution in [0.5, 0.6) is 0 Å². The van der Waals surface area contributed by atoms with E-state index in [1.807, 2.05) is 56.0 Å². The van der Waals surface area contributed by atoms with Gasteiger partial charge in [0.1, 0.15) is 6.54 Å². The van der Waals surface area contributed by atoms with Gasteiger partial charge in [0, 0.05) is 11.2 Å². The Morgan fingerprint density at radius 2 is 1.76 bits per heavy atom. The van der Waals surface area contributed by atoms with Crippen molar-refractivity contribution in [3.8, 4) is 0 Å². The van der Waals surface area contributed by atoms with Crippen LogP contribution in [0.1, 0.15) is 20.8 Å². The number of benzene rings is 1. The highest BCUT2D eigenvalue weighted by atomic mass is 32.1. The average Bonchev–Trinajstić information content (AvgIpc) is 2.54. The summed E-state index contributed by atoms with van der Waals surface area (Å²) in [5, 5.41) is 0.591. The fourth-order valence-electron chi connectivity index (χ4n) is 1.97. The van der Waals surface area contributed by atoms with E-state index in [1.54, 1.807) is 4.90 Å². The third-order valence-corrected chi connectivity index (χ3v) is 3.11. The molecule has 0 N–H and O–H groups in total. The van der Waals surface area contributed by atoms with Gasteiger partial charge in [-0.25, -0.2) is 0 Å². The maximum absolute atomic E-state index is 12.0. The molecule has 0 saturated carbocycles. The molecular formula is C13H16N2OS. The third-order valence-electron chi connectivity index (χ3n) is 2.70. The topological polar surface area (TPSA) is 23.6 Å². The van der Waals surface area contributed by atoms with Gasteiger partial charge < -0.3 is 4.90 Å². The van der Waals surface area contributed by atoms with Crippen molar-refractivity contribution in [3.63, 3.8) is 0 Å². The van der Waals surface area contributed by atoms with E-state index < -0.39 is 0 Å². The molecule has 1 aliphatic rings. The second-order valence-electron chi connectivity index (χ2n) is 5.10. The molecule has 1 saturated heterocycles. The van der Waals surface area contributed by atoms with Gasteiger partial charge in [0.2, 0.25) is 5.91 Å². The molecule has 1 aliphatic heterocycles. The number of nitrogens with zero attached hydrogens (tertiary/aromatic N) is 2. The fourth-order valence-corrected chi connectivity index (χ4v) is 2.52. The molecule has 90 valence electrons. The van der Waals surface area contributed by atoms with Gasteiger partial charge >= 0.3 is 0 Å². The van der Waals surface area contributed by atoms with Crippen molar-refractivity contribution in [2.45, 2.75) is 26.3 Å². The van der Waals surface area contributed by atoms with Crippen LogP contribution in [0.15, 0.2) is 30.3 Å². The van der Waals surface area contributed by atoms with E-state index >= 15 is 0 Å². The standard InChI is InChI=1S/C13H16N2OS/c1-13(2,3)15-11(16)9-14(12(15)17)10-7-5-4-6-8-10/h4-8H,9H2,1-3H3. The van der Waals surface area contributed by atoms with Crippen LogP contribution in [0.2, 0.25) is 0 Å². The Kier molecular flexibility index (Phi) is 2.91. The van der Waals surface area contributed by atoms with Crippen LogP contribution in [0.3, 0.4) is 0 Å². The molecule has 0 spiro atoms. The molecule has 0 aliphatic carbocycles. The normalized spacial score (nSPS) is 16.9. The summed E-state index contributed by atoms with van der Waals surface area (Å²) in [7, 11) is 0. The first-order valence-corrected chi connectivity index (χ1v) is 6.01. The van der Waals surface area contributed by atoms with E-state index in [-0.39, 0.29) is 11.4 Å². The zero-order chi connectivity index (χ0) is 12.6. The van der Waals surface area contributed by atoms with Crippen molar-refractivity contribution in [2.75, 3.05) is 11.4 Å². The molecule has 2 rings (SSSR count). The van der Waals surface area contributed by atoms with Crippen molar-refractivity contribution in [3.05, 3.63) is 30.3 Å². The first-order chi connectivity index (χ1) is 7.91. The number of amides is 1. The largest absolute Gasteiger partial charge is 0.309 e. The maximum atomic E-state index is 12.0. The maximum Gasteiger partial charge on any atom is 0.249 e. The van der Waals surface area contributed by atoms with E-state index in [4.69, 9.17) is 12.2 Å². The van der Waals surface area contributed by atoms with E-state index in [9.17, 15) is 4.79 Å². The van der Waals surface area contributed by atoms with Crippen molar-refractivity contribution < 1.29 is 4.79 Å². The van der Waals surface area contributed by atoms with Gasteiger partial charge in [0.15, 0.2) is 5.11 Å². The number of anilines is 1. The number of rotatable bonds is 1. The van der Waals surface area contributed by atoms with Gasteiger partial charge in [-0.2, -0.15) is 0 Å². The van der Waals surface area contributed by atoms with Gasteiger partial charge in [-0.3, -0.25) is 9.69 Å². The molecule has 0 unspecified atom stereocenters. The van der Waals surface area contributed by atoms with Crippen LogP contribution in [0, 0.1) is 0 Å². The molecule has 17 heavy (non-hydrogen) atoms. The Bertz CT molecular complexity index is 450. The average molecular weight is 248 g/mol. The Labute approximate surface area is 107 Å². The van der Waals surface area contributed by atoms with E-state index in [0.717, 1.165) is 5.69 Å². The highest BCUT2D eigenvalue weighted by molar-refractivity contribution is 7.80. The zero-order valence-electron chi connectivity index (χ0n) is 10.3.